The van der Waals surface area contributed by atoms with Crippen molar-refractivity contribution in [3.63, 3.8) is 0 Å². The number of nitrogens with one attached hydrogen (secondary N) is 2. The number of rotatable bonds is 5. The average molecular weight is 401 g/mol. The summed E-state index contributed by atoms with van der Waals surface area (Å²) >= 11 is 0. The number of nitrogens with zero attached hydrogens (tertiary/aromatic N) is 2. The molecular formula is C20H24N4O3S. The lowest BCUT2D eigenvalue weighted by Crippen LogP contribution is -2.15. The molecular weight excluding hydrogens is 376 g/mol. The van der Waals surface area contributed by atoms with Crippen molar-refractivity contribution in [1.82, 2.24) is 15.2 Å². The number of aromatic amines is 1. The van der Waals surface area contributed by atoms with E-state index in [1.807, 2.05) is 26.0 Å². The molecule has 0 spiro atoms. The molecule has 7 nitrogen and oxygen atoms in total. The van der Waals surface area contributed by atoms with Crippen molar-refractivity contribution in [3.05, 3.63) is 46.5 Å². The molecule has 1 aliphatic carbocycles. The van der Waals surface area contributed by atoms with E-state index in [-0.39, 0.29) is 4.90 Å². The Balaban J connectivity index is 1.70. The largest absolute Gasteiger partial charge is 0.419 e. The number of hydrogen-bond acceptors (Lipinski definition) is 5. The number of sulfonamides is 1. The minimum absolute atomic E-state index is 0.215. The molecule has 0 radical (unpaired) electrons. The first-order valence-electron chi connectivity index (χ1n) is 9.40. The number of aryl methyl sites for hydroxylation is 2. The standard InChI is InChI=1S/C20H24N4O3S/c1-11-7-5-10-16(12(11)2)24-28(25,26)18-13(3)17(21-14(18)4)20-23-22-19(27-20)15-8-6-9-15/h5,7,10,15,21,24H,6,8-9H2,1-4H3. The first-order valence-corrected chi connectivity index (χ1v) is 10.9. The number of aromatic nitrogens is 3. The highest BCUT2D eigenvalue weighted by atomic mass is 32.2. The first kappa shape index (κ1) is 18.7. The van der Waals surface area contributed by atoms with Crippen molar-refractivity contribution in [1.29, 1.82) is 0 Å². The maximum Gasteiger partial charge on any atom is 0.264 e. The van der Waals surface area contributed by atoms with Crippen LogP contribution in [0.2, 0.25) is 0 Å². The van der Waals surface area contributed by atoms with Gasteiger partial charge in [0.05, 0.1) is 5.69 Å². The molecule has 0 saturated heterocycles. The summed E-state index contributed by atoms with van der Waals surface area (Å²) in [6.45, 7) is 7.34. The quantitative estimate of drug-likeness (QED) is 0.662. The fourth-order valence-corrected chi connectivity index (χ4v) is 5.13. The Morgan fingerprint density at radius 1 is 1.11 bits per heavy atom. The van der Waals surface area contributed by atoms with Gasteiger partial charge < -0.3 is 9.40 Å². The molecule has 8 heteroatoms. The topological polar surface area (TPSA) is 101 Å². The smallest absolute Gasteiger partial charge is 0.264 e. The SMILES string of the molecule is Cc1cccc(NS(=O)(=O)c2c(C)[nH]c(-c3nnc(C4CCC4)o3)c2C)c1C. The van der Waals surface area contributed by atoms with Crippen molar-refractivity contribution < 1.29 is 12.8 Å². The molecule has 1 aliphatic rings. The fraction of sp³-hybridized carbons (Fsp3) is 0.400. The van der Waals surface area contributed by atoms with Gasteiger partial charge in [0, 0.05) is 17.2 Å². The highest BCUT2D eigenvalue weighted by Crippen LogP contribution is 2.37. The van der Waals surface area contributed by atoms with Gasteiger partial charge in [-0.1, -0.05) is 18.6 Å². The van der Waals surface area contributed by atoms with Gasteiger partial charge in [0.2, 0.25) is 5.89 Å². The predicted octanol–water partition coefficient (Wildman–Crippen LogP) is 4.37. The summed E-state index contributed by atoms with van der Waals surface area (Å²) in [5.74, 6) is 1.29. The minimum Gasteiger partial charge on any atom is -0.419 e. The zero-order valence-electron chi connectivity index (χ0n) is 16.5. The zero-order chi connectivity index (χ0) is 20.1. The van der Waals surface area contributed by atoms with E-state index < -0.39 is 10.0 Å². The van der Waals surface area contributed by atoms with Crippen LogP contribution < -0.4 is 4.72 Å². The van der Waals surface area contributed by atoms with Crippen molar-refractivity contribution in [3.8, 4) is 11.6 Å². The van der Waals surface area contributed by atoms with E-state index in [2.05, 4.69) is 19.9 Å². The lowest BCUT2D eigenvalue weighted by Gasteiger charge is -2.20. The molecule has 0 atom stereocenters. The van der Waals surface area contributed by atoms with Crippen LogP contribution in [0.25, 0.3) is 11.6 Å². The van der Waals surface area contributed by atoms with Crippen LogP contribution in [0.15, 0.2) is 27.5 Å². The molecule has 0 bridgehead atoms. The van der Waals surface area contributed by atoms with E-state index in [9.17, 15) is 8.42 Å². The van der Waals surface area contributed by atoms with Gasteiger partial charge in [-0.05, 0) is 57.7 Å². The van der Waals surface area contributed by atoms with Crippen LogP contribution in [-0.4, -0.2) is 23.6 Å². The zero-order valence-corrected chi connectivity index (χ0v) is 17.3. The van der Waals surface area contributed by atoms with Crippen LogP contribution in [0.5, 0.6) is 0 Å². The van der Waals surface area contributed by atoms with Crippen LogP contribution >= 0.6 is 0 Å². The van der Waals surface area contributed by atoms with Crippen LogP contribution in [0, 0.1) is 27.7 Å². The van der Waals surface area contributed by atoms with Crippen molar-refractivity contribution >= 4 is 15.7 Å². The third kappa shape index (κ3) is 3.11. The summed E-state index contributed by atoms with van der Waals surface area (Å²) < 4.78 is 34.8. The molecule has 0 aliphatic heterocycles. The predicted molar refractivity (Wildman–Crippen MR) is 107 cm³/mol. The van der Waals surface area contributed by atoms with Gasteiger partial charge in [0.15, 0.2) is 0 Å². The lowest BCUT2D eigenvalue weighted by atomic mass is 9.85. The van der Waals surface area contributed by atoms with Crippen LogP contribution in [0.4, 0.5) is 5.69 Å². The summed E-state index contributed by atoms with van der Waals surface area (Å²) in [4.78, 5) is 3.33. The van der Waals surface area contributed by atoms with Crippen LogP contribution in [0.3, 0.4) is 0 Å². The third-order valence-corrected chi connectivity index (χ3v) is 7.23. The molecule has 2 aromatic heterocycles. The number of anilines is 1. The summed E-state index contributed by atoms with van der Waals surface area (Å²) in [6, 6.07) is 5.55. The summed E-state index contributed by atoms with van der Waals surface area (Å²) in [5.41, 5.74) is 4.16. The summed E-state index contributed by atoms with van der Waals surface area (Å²) in [5, 5.41) is 8.28. The van der Waals surface area contributed by atoms with Gasteiger partial charge in [-0.15, -0.1) is 10.2 Å². The second-order valence-corrected chi connectivity index (χ2v) is 9.12. The van der Waals surface area contributed by atoms with E-state index in [1.54, 1.807) is 19.9 Å². The Kier molecular flexibility index (Phi) is 4.53. The molecule has 4 rings (SSSR count). The summed E-state index contributed by atoms with van der Waals surface area (Å²) in [6.07, 6.45) is 3.29. The van der Waals surface area contributed by atoms with E-state index >= 15 is 0 Å². The van der Waals surface area contributed by atoms with Crippen molar-refractivity contribution in [2.24, 2.45) is 0 Å². The molecule has 1 saturated carbocycles. The maximum atomic E-state index is 13.1. The monoisotopic (exact) mass is 400 g/mol. The molecule has 2 heterocycles. The molecule has 2 N–H and O–H groups in total. The highest BCUT2D eigenvalue weighted by molar-refractivity contribution is 7.92. The first-order chi connectivity index (χ1) is 13.3. The molecule has 148 valence electrons. The molecule has 0 amide bonds. The van der Waals surface area contributed by atoms with Gasteiger partial charge in [0.25, 0.3) is 15.9 Å². The molecule has 1 fully saturated rings. The van der Waals surface area contributed by atoms with E-state index in [0.29, 0.717) is 40.3 Å². The Labute approximate surface area is 164 Å². The van der Waals surface area contributed by atoms with Crippen molar-refractivity contribution in [2.75, 3.05) is 4.72 Å². The van der Waals surface area contributed by atoms with Gasteiger partial charge >= 0.3 is 0 Å². The third-order valence-electron chi connectivity index (χ3n) is 5.60. The Hall–Kier alpha value is -2.61. The number of hydrogen-bond donors (Lipinski definition) is 2. The Morgan fingerprint density at radius 2 is 1.86 bits per heavy atom. The van der Waals surface area contributed by atoms with Crippen LogP contribution in [0.1, 0.15) is 53.5 Å². The van der Waals surface area contributed by atoms with E-state index in [1.165, 1.54) is 6.42 Å². The molecule has 3 aromatic rings. The second kappa shape index (κ2) is 6.77. The summed E-state index contributed by atoms with van der Waals surface area (Å²) in [7, 11) is -3.78. The number of benzene rings is 1. The van der Waals surface area contributed by atoms with E-state index in [0.717, 1.165) is 24.0 Å². The maximum absolute atomic E-state index is 13.1. The molecule has 1 aromatic carbocycles. The molecule has 0 unspecified atom stereocenters. The van der Waals surface area contributed by atoms with Crippen LogP contribution in [-0.2, 0) is 10.0 Å². The average Bonchev–Trinajstić information content (AvgIpc) is 3.15. The van der Waals surface area contributed by atoms with E-state index in [4.69, 9.17) is 4.42 Å². The normalized spacial score (nSPS) is 14.9. The van der Waals surface area contributed by atoms with Gasteiger partial charge in [0.1, 0.15) is 10.6 Å². The lowest BCUT2D eigenvalue weighted by molar-refractivity contribution is 0.338. The van der Waals surface area contributed by atoms with Gasteiger partial charge in [-0.25, -0.2) is 8.42 Å². The Bertz CT molecular complexity index is 1140. The number of H-pyrrole nitrogens is 1. The fourth-order valence-electron chi connectivity index (χ4n) is 3.56. The minimum atomic E-state index is -3.78. The van der Waals surface area contributed by atoms with Crippen molar-refractivity contribution in [2.45, 2.75) is 57.8 Å². The second-order valence-electron chi connectivity index (χ2n) is 7.51. The van der Waals surface area contributed by atoms with Gasteiger partial charge in [-0.3, -0.25) is 4.72 Å². The Morgan fingerprint density at radius 3 is 2.54 bits per heavy atom. The molecule has 28 heavy (non-hydrogen) atoms. The van der Waals surface area contributed by atoms with Gasteiger partial charge in [-0.2, -0.15) is 0 Å². The highest BCUT2D eigenvalue weighted by Gasteiger charge is 2.29.